The average molecular weight is 325 g/mol. The number of rotatable bonds is 5. The topological polar surface area (TPSA) is 38.8 Å². The number of hydrogen-bond donors (Lipinski definition) is 0. The van der Waals surface area contributed by atoms with Gasteiger partial charge in [-0.1, -0.05) is 18.2 Å². The first-order chi connectivity index (χ1) is 11.8. The number of para-hydroxylation sites is 1. The minimum absolute atomic E-state index is 0.221. The SMILES string of the molecule is CCOC(=O)c1ccc(OC2CCN(c3ccccc3)CC2)cc1. The van der Waals surface area contributed by atoms with Crippen LogP contribution >= 0.6 is 0 Å². The molecule has 3 rings (SSSR count). The molecule has 1 heterocycles. The molecule has 4 heteroatoms. The Morgan fingerprint density at radius 2 is 1.71 bits per heavy atom. The fraction of sp³-hybridized carbons (Fsp3) is 0.350. The molecule has 126 valence electrons. The standard InChI is InChI=1S/C20H23NO3/c1-2-23-20(22)16-8-10-18(11-9-16)24-19-12-14-21(15-13-19)17-6-4-3-5-7-17/h3-11,19H,2,12-15H2,1H3. The molecule has 0 aromatic heterocycles. The summed E-state index contributed by atoms with van der Waals surface area (Å²) < 4.78 is 11.0. The van der Waals surface area contributed by atoms with Crippen LogP contribution in [-0.2, 0) is 4.74 Å². The predicted molar refractivity (Wildman–Crippen MR) is 94.7 cm³/mol. The fourth-order valence-electron chi connectivity index (χ4n) is 2.95. The van der Waals surface area contributed by atoms with E-state index < -0.39 is 0 Å². The lowest BCUT2D eigenvalue weighted by atomic mass is 10.1. The van der Waals surface area contributed by atoms with Gasteiger partial charge in [0.25, 0.3) is 0 Å². The second-order valence-electron chi connectivity index (χ2n) is 5.88. The average Bonchev–Trinajstić information content (AvgIpc) is 2.64. The van der Waals surface area contributed by atoms with Crippen molar-refractivity contribution in [2.24, 2.45) is 0 Å². The molecule has 2 aromatic carbocycles. The highest BCUT2D eigenvalue weighted by atomic mass is 16.5. The molecule has 1 aliphatic heterocycles. The van der Waals surface area contributed by atoms with Gasteiger partial charge in [0, 0.05) is 31.6 Å². The first-order valence-corrected chi connectivity index (χ1v) is 8.50. The second kappa shape index (κ2) is 7.86. The van der Waals surface area contributed by atoms with Gasteiger partial charge in [-0.2, -0.15) is 0 Å². The van der Waals surface area contributed by atoms with Crippen molar-refractivity contribution in [1.82, 2.24) is 0 Å². The molecule has 0 aliphatic carbocycles. The molecule has 0 spiro atoms. The number of carbonyl (C=O) groups is 1. The van der Waals surface area contributed by atoms with E-state index in [2.05, 4.69) is 29.2 Å². The molecule has 1 saturated heterocycles. The molecule has 0 saturated carbocycles. The van der Waals surface area contributed by atoms with E-state index in [0.29, 0.717) is 12.2 Å². The minimum atomic E-state index is -0.291. The summed E-state index contributed by atoms with van der Waals surface area (Å²) in [5.41, 5.74) is 1.83. The van der Waals surface area contributed by atoms with Gasteiger partial charge in [-0.05, 0) is 43.3 Å². The number of nitrogens with zero attached hydrogens (tertiary/aromatic N) is 1. The Hall–Kier alpha value is -2.49. The van der Waals surface area contributed by atoms with Crippen LogP contribution in [0, 0.1) is 0 Å². The third-order valence-electron chi connectivity index (χ3n) is 4.23. The van der Waals surface area contributed by atoms with Crippen LogP contribution in [0.4, 0.5) is 5.69 Å². The van der Waals surface area contributed by atoms with Crippen LogP contribution in [0.25, 0.3) is 0 Å². The number of anilines is 1. The van der Waals surface area contributed by atoms with Gasteiger partial charge in [0.05, 0.1) is 12.2 Å². The lowest BCUT2D eigenvalue weighted by Crippen LogP contribution is -2.38. The second-order valence-corrected chi connectivity index (χ2v) is 5.88. The predicted octanol–water partition coefficient (Wildman–Crippen LogP) is 3.91. The molecular formula is C20H23NO3. The number of hydrogen-bond acceptors (Lipinski definition) is 4. The molecule has 24 heavy (non-hydrogen) atoms. The summed E-state index contributed by atoms with van der Waals surface area (Å²) in [4.78, 5) is 14.0. The summed E-state index contributed by atoms with van der Waals surface area (Å²) in [6.07, 6.45) is 2.21. The third kappa shape index (κ3) is 4.07. The van der Waals surface area contributed by atoms with E-state index in [1.165, 1.54) is 5.69 Å². The largest absolute Gasteiger partial charge is 0.490 e. The monoisotopic (exact) mass is 325 g/mol. The van der Waals surface area contributed by atoms with Crippen LogP contribution in [0.2, 0.25) is 0 Å². The molecule has 2 aromatic rings. The highest BCUT2D eigenvalue weighted by Gasteiger charge is 2.20. The Kier molecular flexibility index (Phi) is 5.36. The molecule has 0 amide bonds. The molecule has 1 aliphatic rings. The van der Waals surface area contributed by atoms with Gasteiger partial charge in [-0.3, -0.25) is 0 Å². The number of carbonyl (C=O) groups excluding carboxylic acids is 1. The van der Waals surface area contributed by atoms with Crippen molar-refractivity contribution >= 4 is 11.7 Å². The van der Waals surface area contributed by atoms with Gasteiger partial charge in [0.2, 0.25) is 0 Å². The highest BCUT2D eigenvalue weighted by Crippen LogP contribution is 2.23. The van der Waals surface area contributed by atoms with E-state index in [9.17, 15) is 4.79 Å². The van der Waals surface area contributed by atoms with E-state index in [1.807, 2.05) is 18.2 Å². The number of esters is 1. The molecule has 0 unspecified atom stereocenters. The number of piperidine rings is 1. The fourth-order valence-corrected chi connectivity index (χ4v) is 2.95. The van der Waals surface area contributed by atoms with Crippen LogP contribution < -0.4 is 9.64 Å². The van der Waals surface area contributed by atoms with Crippen molar-refractivity contribution in [3.63, 3.8) is 0 Å². The van der Waals surface area contributed by atoms with Crippen LogP contribution in [0.15, 0.2) is 54.6 Å². The molecule has 1 fully saturated rings. The van der Waals surface area contributed by atoms with Crippen molar-refractivity contribution in [2.75, 3.05) is 24.6 Å². The third-order valence-corrected chi connectivity index (χ3v) is 4.23. The van der Waals surface area contributed by atoms with E-state index >= 15 is 0 Å². The maximum atomic E-state index is 11.6. The Morgan fingerprint density at radius 1 is 1.04 bits per heavy atom. The van der Waals surface area contributed by atoms with Crippen molar-refractivity contribution in [1.29, 1.82) is 0 Å². The van der Waals surface area contributed by atoms with E-state index in [1.54, 1.807) is 19.1 Å². The van der Waals surface area contributed by atoms with Crippen molar-refractivity contribution < 1.29 is 14.3 Å². The molecule has 0 radical (unpaired) electrons. The van der Waals surface area contributed by atoms with Crippen molar-refractivity contribution in [3.05, 3.63) is 60.2 Å². The summed E-state index contributed by atoms with van der Waals surface area (Å²) in [5.74, 6) is 0.515. The van der Waals surface area contributed by atoms with Crippen molar-refractivity contribution in [2.45, 2.75) is 25.9 Å². The zero-order valence-corrected chi connectivity index (χ0v) is 14.0. The van der Waals surface area contributed by atoms with Crippen molar-refractivity contribution in [3.8, 4) is 5.75 Å². The van der Waals surface area contributed by atoms with E-state index in [0.717, 1.165) is 31.7 Å². The van der Waals surface area contributed by atoms with Crippen LogP contribution in [0.3, 0.4) is 0 Å². The molecule has 0 N–H and O–H groups in total. The maximum Gasteiger partial charge on any atom is 0.338 e. The van der Waals surface area contributed by atoms with Crippen LogP contribution in [0.5, 0.6) is 5.75 Å². The zero-order chi connectivity index (χ0) is 16.8. The normalized spacial score (nSPS) is 15.1. The van der Waals surface area contributed by atoms with Gasteiger partial charge in [0.1, 0.15) is 11.9 Å². The number of benzene rings is 2. The first kappa shape index (κ1) is 16.4. The van der Waals surface area contributed by atoms with E-state index in [-0.39, 0.29) is 12.1 Å². The highest BCUT2D eigenvalue weighted by molar-refractivity contribution is 5.89. The first-order valence-electron chi connectivity index (χ1n) is 8.50. The summed E-state index contributed by atoms with van der Waals surface area (Å²) >= 11 is 0. The Morgan fingerprint density at radius 3 is 2.33 bits per heavy atom. The Labute approximate surface area is 143 Å². The van der Waals surface area contributed by atoms with Gasteiger partial charge in [-0.15, -0.1) is 0 Å². The lowest BCUT2D eigenvalue weighted by Gasteiger charge is -2.33. The quantitative estimate of drug-likeness (QED) is 0.781. The van der Waals surface area contributed by atoms with Gasteiger partial charge in [-0.25, -0.2) is 4.79 Å². The lowest BCUT2D eigenvalue weighted by molar-refractivity contribution is 0.0526. The number of ether oxygens (including phenoxy) is 2. The van der Waals surface area contributed by atoms with Crippen LogP contribution in [-0.4, -0.2) is 31.8 Å². The zero-order valence-electron chi connectivity index (χ0n) is 14.0. The smallest absolute Gasteiger partial charge is 0.338 e. The van der Waals surface area contributed by atoms with E-state index in [4.69, 9.17) is 9.47 Å². The molecule has 0 bridgehead atoms. The molecular weight excluding hydrogens is 302 g/mol. The molecule has 0 atom stereocenters. The van der Waals surface area contributed by atoms with Crippen LogP contribution in [0.1, 0.15) is 30.1 Å². The van der Waals surface area contributed by atoms with Gasteiger partial charge in [0.15, 0.2) is 0 Å². The summed E-state index contributed by atoms with van der Waals surface area (Å²) in [7, 11) is 0. The summed E-state index contributed by atoms with van der Waals surface area (Å²) in [6, 6.07) is 17.7. The Balaban J connectivity index is 1.52. The van der Waals surface area contributed by atoms with Gasteiger partial charge >= 0.3 is 5.97 Å². The maximum absolute atomic E-state index is 11.6. The Bertz CT molecular complexity index is 646. The summed E-state index contributed by atoms with van der Waals surface area (Å²) in [5, 5.41) is 0. The summed E-state index contributed by atoms with van der Waals surface area (Å²) in [6.45, 7) is 4.18. The van der Waals surface area contributed by atoms with Gasteiger partial charge < -0.3 is 14.4 Å². The molecule has 4 nitrogen and oxygen atoms in total. The minimum Gasteiger partial charge on any atom is -0.490 e.